The number of ether oxygens (including phenoxy) is 1. The molecule has 0 atom stereocenters. The van der Waals surface area contributed by atoms with Crippen LogP contribution < -0.4 is 5.73 Å². The second kappa shape index (κ2) is 8.30. The van der Waals surface area contributed by atoms with Gasteiger partial charge in [0.1, 0.15) is 0 Å². The van der Waals surface area contributed by atoms with Gasteiger partial charge in [-0.2, -0.15) is 0 Å². The Morgan fingerprint density at radius 1 is 1.47 bits per heavy atom. The third-order valence-electron chi connectivity index (χ3n) is 2.57. The second-order valence-corrected chi connectivity index (χ2v) is 4.01. The summed E-state index contributed by atoms with van der Waals surface area (Å²) in [6.45, 7) is 4.02. The number of carbonyl (C=O) groups is 1. The number of hydrogen-bond acceptors (Lipinski definition) is 3. The molecule has 0 saturated heterocycles. The zero-order chi connectivity index (χ0) is 14.1. The molecule has 0 aliphatic carbocycles. The molecule has 0 aliphatic rings. The Labute approximate surface area is 114 Å². The highest BCUT2D eigenvalue weighted by atomic mass is 16.5. The molecule has 1 rings (SSSR count). The number of nitrogens with two attached hydrogens (primary N) is 1. The summed E-state index contributed by atoms with van der Waals surface area (Å²) in [5.74, 6) is 5.66. The zero-order valence-electron chi connectivity index (χ0n) is 11.5. The van der Waals surface area contributed by atoms with Crippen molar-refractivity contribution in [3.8, 4) is 11.8 Å². The minimum absolute atomic E-state index is 0.0314. The first kappa shape index (κ1) is 15.2. The van der Waals surface area contributed by atoms with E-state index in [0.29, 0.717) is 31.9 Å². The van der Waals surface area contributed by atoms with Crippen molar-refractivity contribution in [1.82, 2.24) is 4.90 Å². The molecule has 1 amide bonds. The highest BCUT2D eigenvalue weighted by molar-refractivity contribution is 5.94. The topological polar surface area (TPSA) is 55.6 Å². The van der Waals surface area contributed by atoms with Gasteiger partial charge < -0.3 is 15.4 Å². The van der Waals surface area contributed by atoms with Crippen molar-refractivity contribution >= 4 is 5.91 Å². The molecule has 0 aromatic heterocycles. The fourth-order valence-electron chi connectivity index (χ4n) is 1.55. The van der Waals surface area contributed by atoms with E-state index in [9.17, 15) is 4.79 Å². The van der Waals surface area contributed by atoms with Crippen LogP contribution in [0.1, 0.15) is 22.8 Å². The maximum atomic E-state index is 12.2. The fourth-order valence-corrected chi connectivity index (χ4v) is 1.55. The number of likely N-dealkylation sites (N-methyl/N-ethyl adjacent to an activating group) is 1. The quantitative estimate of drug-likeness (QED) is 0.637. The summed E-state index contributed by atoms with van der Waals surface area (Å²) in [5, 5.41) is 0. The summed E-state index contributed by atoms with van der Waals surface area (Å²) < 4.78 is 5.24. The Bertz CT molecular complexity index is 475. The molecule has 0 heterocycles. The molecule has 4 nitrogen and oxygen atoms in total. The molecule has 102 valence electrons. The van der Waals surface area contributed by atoms with Gasteiger partial charge >= 0.3 is 0 Å². The van der Waals surface area contributed by atoms with E-state index in [-0.39, 0.29) is 5.91 Å². The second-order valence-electron chi connectivity index (χ2n) is 4.01. The van der Waals surface area contributed by atoms with Gasteiger partial charge in [-0.1, -0.05) is 17.9 Å². The maximum absolute atomic E-state index is 12.2. The van der Waals surface area contributed by atoms with E-state index >= 15 is 0 Å². The molecule has 0 spiro atoms. The first-order valence-corrected chi connectivity index (χ1v) is 6.31. The van der Waals surface area contributed by atoms with Gasteiger partial charge in [-0.15, -0.1) is 0 Å². The number of amides is 1. The molecule has 0 bridgehead atoms. The van der Waals surface area contributed by atoms with Crippen LogP contribution in [0.2, 0.25) is 0 Å². The zero-order valence-corrected chi connectivity index (χ0v) is 11.5. The van der Waals surface area contributed by atoms with Crippen LogP contribution in [-0.4, -0.2) is 44.2 Å². The molecule has 4 heteroatoms. The minimum Gasteiger partial charge on any atom is -0.380 e. The number of nitrogens with zero attached hydrogens (tertiary/aromatic N) is 1. The summed E-state index contributed by atoms with van der Waals surface area (Å²) in [7, 11) is 1.76. The summed E-state index contributed by atoms with van der Waals surface area (Å²) in [4.78, 5) is 13.8. The van der Waals surface area contributed by atoms with Crippen LogP contribution in [0.25, 0.3) is 0 Å². The Hall–Kier alpha value is -1.83. The van der Waals surface area contributed by atoms with Crippen LogP contribution >= 0.6 is 0 Å². The molecule has 0 radical (unpaired) electrons. The third kappa shape index (κ3) is 5.12. The van der Waals surface area contributed by atoms with E-state index in [1.54, 1.807) is 24.1 Å². The lowest BCUT2D eigenvalue weighted by Gasteiger charge is -2.17. The smallest absolute Gasteiger partial charge is 0.253 e. The van der Waals surface area contributed by atoms with Gasteiger partial charge in [-0.3, -0.25) is 4.79 Å². The van der Waals surface area contributed by atoms with Crippen LogP contribution in [0.5, 0.6) is 0 Å². The van der Waals surface area contributed by atoms with E-state index in [1.807, 2.05) is 19.1 Å². The number of hydrogen-bond donors (Lipinski definition) is 1. The predicted octanol–water partition coefficient (Wildman–Crippen LogP) is 1.11. The lowest BCUT2D eigenvalue weighted by molar-refractivity contribution is 0.0710. The van der Waals surface area contributed by atoms with Crippen molar-refractivity contribution in [1.29, 1.82) is 0 Å². The third-order valence-corrected chi connectivity index (χ3v) is 2.57. The first-order chi connectivity index (χ1) is 9.19. The molecule has 1 aromatic carbocycles. The number of benzene rings is 1. The molecule has 2 N–H and O–H groups in total. The Kier molecular flexibility index (Phi) is 6.65. The highest BCUT2D eigenvalue weighted by Crippen LogP contribution is 2.07. The summed E-state index contributed by atoms with van der Waals surface area (Å²) >= 11 is 0. The van der Waals surface area contributed by atoms with Crippen LogP contribution in [0.4, 0.5) is 0 Å². The predicted molar refractivity (Wildman–Crippen MR) is 75.8 cm³/mol. The van der Waals surface area contributed by atoms with E-state index in [0.717, 1.165) is 5.56 Å². The average molecular weight is 260 g/mol. The Morgan fingerprint density at radius 3 is 2.95 bits per heavy atom. The highest BCUT2D eigenvalue weighted by Gasteiger charge is 2.11. The molecular weight excluding hydrogens is 240 g/mol. The Balaban J connectivity index is 2.70. The molecule has 19 heavy (non-hydrogen) atoms. The van der Waals surface area contributed by atoms with Gasteiger partial charge in [0, 0.05) is 31.3 Å². The first-order valence-electron chi connectivity index (χ1n) is 6.31. The van der Waals surface area contributed by atoms with E-state index in [2.05, 4.69) is 11.8 Å². The molecule has 0 aliphatic heterocycles. The molecule has 0 fully saturated rings. The molecule has 0 unspecified atom stereocenters. The van der Waals surface area contributed by atoms with Gasteiger partial charge in [0.25, 0.3) is 5.91 Å². The molecule has 0 saturated carbocycles. The monoisotopic (exact) mass is 260 g/mol. The van der Waals surface area contributed by atoms with Crippen molar-refractivity contribution in [2.75, 3.05) is 33.4 Å². The SMILES string of the molecule is CCOCCN(C)C(=O)c1cccc(C#CCN)c1. The molecular formula is C15H20N2O2. The van der Waals surface area contributed by atoms with E-state index < -0.39 is 0 Å². The van der Waals surface area contributed by atoms with Crippen molar-refractivity contribution in [2.45, 2.75) is 6.92 Å². The number of rotatable bonds is 5. The lowest BCUT2D eigenvalue weighted by atomic mass is 10.1. The van der Waals surface area contributed by atoms with Gasteiger partial charge in [0.15, 0.2) is 0 Å². The van der Waals surface area contributed by atoms with Gasteiger partial charge in [-0.05, 0) is 25.1 Å². The summed E-state index contributed by atoms with van der Waals surface area (Å²) in [6, 6.07) is 7.25. The largest absolute Gasteiger partial charge is 0.380 e. The average Bonchev–Trinajstić information content (AvgIpc) is 2.44. The Morgan fingerprint density at radius 2 is 2.26 bits per heavy atom. The van der Waals surface area contributed by atoms with Crippen molar-refractivity contribution in [3.05, 3.63) is 35.4 Å². The van der Waals surface area contributed by atoms with E-state index in [1.165, 1.54) is 0 Å². The lowest BCUT2D eigenvalue weighted by Crippen LogP contribution is -2.30. The fraction of sp³-hybridized carbons (Fsp3) is 0.400. The van der Waals surface area contributed by atoms with Crippen molar-refractivity contribution < 1.29 is 9.53 Å². The summed E-state index contributed by atoms with van der Waals surface area (Å²) in [5.41, 5.74) is 6.76. The minimum atomic E-state index is -0.0314. The normalized spacial score (nSPS) is 9.63. The summed E-state index contributed by atoms with van der Waals surface area (Å²) in [6.07, 6.45) is 0. The molecule has 1 aromatic rings. The standard InChI is InChI=1S/C15H20N2O2/c1-3-19-11-10-17(2)15(18)14-8-4-6-13(12-14)7-5-9-16/h4,6,8,12H,3,9-11,16H2,1-2H3. The van der Waals surface area contributed by atoms with Crippen molar-refractivity contribution in [3.63, 3.8) is 0 Å². The van der Waals surface area contributed by atoms with E-state index in [4.69, 9.17) is 10.5 Å². The van der Waals surface area contributed by atoms with Crippen LogP contribution in [-0.2, 0) is 4.74 Å². The van der Waals surface area contributed by atoms with Gasteiger partial charge in [0.2, 0.25) is 0 Å². The van der Waals surface area contributed by atoms with Gasteiger partial charge in [-0.25, -0.2) is 0 Å². The van der Waals surface area contributed by atoms with Crippen LogP contribution in [0, 0.1) is 11.8 Å². The van der Waals surface area contributed by atoms with Gasteiger partial charge in [0.05, 0.1) is 13.2 Å². The van der Waals surface area contributed by atoms with Crippen LogP contribution in [0.15, 0.2) is 24.3 Å². The number of carbonyl (C=O) groups excluding carboxylic acids is 1. The maximum Gasteiger partial charge on any atom is 0.253 e. The van der Waals surface area contributed by atoms with Crippen molar-refractivity contribution in [2.24, 2.45) is 5.73 Å². The van der Waals surface area contributed by atoms with Crippen LogP contribution in [0.3, 0.4) is 0 Å².